The van der Waals surface area contributed by atoms with Crippen molar-refractivity contribution in [3.63, 3.8) is 0 Å². The molecule has 2 unspecified atom stereocenters. The van der Waals surface area contributed by atoms with Gasteiger partial charge in [0.25, 0.3) is 0 Å². The normalized spacial score (nSPS) is 23.0. The third-order valence-corrected chi connectivity index (χ3v) is 6.94. The Morgan fingerprint density at radius 1 is 1.15 bits per heavy atom. The zero-order chi connectivity index (χ0) is 24.3. The van der Waals surface area contributed by atoms with Gasteiger partial charge in [-0.15, -0.1) is 0 Å². The molecule has 0 aromatic carbocycles. The number of hydrogen-bond donors (Lipinski definition) is 0. The summed E-state index contributed by atoms with van der Waals surface area (Å²) in [6, 6.07) is 5.79. The molecule has 0 radical (unpaired) electrons. The molecule has 0 bridgehead atoms. The van der Waals surface area contributed by atoms with Gasteiger partial charge in [-0.25, -0.2) is 19.7 Å². The standard InChI is InChI=1S/C25H31N7O2/c1-16-13-31(23(33)34-24(3,4)5)17(2)12-30(16)21-20-22(29-15-28-21)32(14-25(20)7-8-25)19-10-18(11-26)6-9-27-19/h6,9-10,15-17H,7-8,12-14H2,1-5H3. The molecule has 0 N–H and O–H groups in total. The number of amides is 1. The van der Waals surface area contributed by atoms with Crippen LogP contribution in [-0.4, -0.2) is 63.3 Å². The number of carbonyl (C=O) groups is 1. The summed E-state index contributed by atoms with van der Waals surface area (Å²) in [5.41, 5.74) is 1.24. The first-order valence-corrected chi connectivity index (χ1v) is 11.9. The first kappa shape index (κ1) is 22.4. The van der Waals surface area contributed by atoms with E-state index in [4.69, 9.17) is 9.72 Å². The van der Waals surface area contributed by atoms with Crippen LogP contribution in [0.1, 0.15) is 58.6 Å². The van der Waals surface area contributed by atoms with E-state index in [1.54, 1.807) is 18.6 Å². The Bertz CT molecular complexity index is 1160. The molecule has 1 saturated carbocycles. The molecule has 1 aliphatic carbocycles. The van der Waals surface area contributed by atoms with E-state index in [0.717, 1.165) is 36.8 Å². The highest BCUT2D eigenvalue weighted by Crippen LogP contribution is 2.59. The molecule has 3 aliphatic rings. The average Bonchev–Trinajstić information content (AvgIpc) is 3.49. The lowest BCUT2D eigenvalue weighted by Crippen LogP contribution is -2.59. The van der Waals surface area contributed by atoms with Gasteiger partial charge in [0.05, 0.1) is 11.6 Å². The quantitative estimate of drug-likeness (QED) is 0.667. The number of aromatic nitrogens is 3. The van der Waals surface area contributed by atoms with Crippen molar-refractivity contribution in [1.82, 2.24) is 19.9 Å². The minimum Gasteiger partial charge on any atom is -0.444 e. The summed E-state index contributed by atoms with van der Waals surface area (Å²) in [7, 11) is 0. The van der Waals surface area contributed by atoms with Gasteiger partial charge in [-0.3, -0.25) is 0 Å². The Kier molecular flexibility index (Phi) is 5.15. The molecule has 2 aromatic rings. The number of hydrogen-bond acceptors (Lipinski definition) is 8. The third-order valence-electron chi connectivity index (χ3n) is 6.94. The lowest BCUT2D eigenvalue weighted by Gasteiger charge is -2.45. The molecule has 1 amide bonds. The van der Waals surface area contributed by atoms with Crippen LogP contribution in [0.2, 0.25) is 0 Å². The van der Waals surface area contributed by atoms with E-state index in [9.17, 15) is 10.1 Å². The molecule has 9 heteroatoms. The molecular weight excluding hydrogens is 430 g/mol. The second kappa shape index (κ2) is 7.83. The first-order chi connectivity index (χ1) is 16.1. The summed E-state index contributed by atoms with van der Waals surface area (Å²) in [5, 5.41) is 9.34. The summed E-state index contributed by atoms with van der Waals surface area (Å²) in [5.74, 6) is 2.56. The number of rotatable bonds is 2. The van der Waals surface area contributed by atoms with E-state index in [1.165, 1.54) is 5.56 Å². The zero-order valence-corrected chi connectivity index (χ0v) is 20.4. The van der Waals surface area contributed by atoms with Crippen LogP contribution in [0.3, 0.4) is 0 Å². The van der Waals surface area contributed by atoms with Crippen LogP contribution in [0.15, 0.2) is 24.7 Å². The molecule has 1 saturated heterocycles. The van der Waals surface area contributed by atoms with Gasteiger partial charge >= 0.3 is 6.09 Å². The first-order valence-electron chi connectivity index (χ1n) is 11.9. The Morgan fingerprint density at radius 2 is 1.88 bits per heavy atom. The molecular formula is C25H31N7O2. The number of carbonyl (C=O) groups excluding carboxylic acids is 1. The van der Waals surface area contributed by atoms with E-state index >= 15 is 0 Å². The number of nitrogens with zero attached hydrogens (tertiary/aromatic N) is 7. The van der Waals surface area contributed by atoms with Gasteiger partial charge < -0.3 is 19.4 Å². The van der Waals surface area contributed by atoms with E-state index in [1.807, 2.05) is 31.7 Å². The predicted molar refractivity (Wildman–Crippen MR) is 128 cm³/mol. The molecule has 4 heterocycles. The fraction of sp³-hybridized carbons (Fsp3) is 0.560. The van der Waals surface area contributed by atoms with Crippen LogP contribution in [0.4, 0.5) is 22.2 Å². The number of nitriles is 1. The van der Waals surface area contributed by atoms with E-state index in [0.29, 0.717) is 18.7 Å². The summed E-state index contributed by atoms with van der Waals surface area (Å²) >= 11 is 0. The fourth-order valence-electron chi connectivity index (χ4n) is 5.10. The van der Waals surface area contributed by atoms with Crippen LogP contribution in [0, 0.1) is 11.3 Å². The Labute approximate surface area is 200 Å². The minimum atomic E-state index is -0.524. The van der Waals surface area contributed by atoms with Crippen LogP contribution >= 0.6 is 0 Å². The average molecular weight is 462 g/mol. The van der Waals surface area contributed by atoms with Crippen molar-refractivity contribution in [1.29, 1.82) is 5.26 Å². The summed E-state index contributed by atoms with van der Waals surface area (Å²) < 4.78 is 5.64. The van der Waals surface area contributed by atoms with Crippen molar-refractivity contribution in [2.24, 2.45) is 0 Å². The van der Waals surface area contributed by atoms with Crippen molar-refractivity contribution in [3.05, 3.63) is 35.8 Å². The number of pyridine rings is 1. The Hall–Kier alpha value is -3.41. The maximum atomic E-state index is 12.8. The Morgan fingerprint density at radius 3 is 2.56 bits per heavy atom. The topological polar surface area (TPSA) is 98.5 Å². The Balaban J connectivity index is 1.46. The van der Waals surface area contributed by atoms with Crippen LogP contribution in [-0.2, 0) is 10.2 Å². The van der Waals surface area contributed by atoms with Crippen molar-refractivity contribution in [3.8, 4) is 6.07 Å². The third kappa shape index (κ3) is 3.81. The molecule has 34 heavy (non-hydrogen) atoms. The number of fused-ring (bicyclic) bond motifs is 2. The highest BCUT2D eigenvalue weighted by Gasteiger charge is 2.56. The molecule has 2 aromatic heterocycles. The van der Waals surface area contributed by atoms with Crippen LogP contribution in [0.25, 0.3) is 0 Å². The maximum absolute atomic E-state index is 12.8. The van der Waals surface area contributed by atoms with Gasteiger partial charge in [0.15, 0.2) is 0 Å². The van der Waals surface area contributed by atoms with Crippen LogP contribution in [0.5, 0.6) is 0 Å². The molecule has 2 aliphatic heterocycles. The molecule has 2 fully saturated rings. The monoisotopic (exact) mass is 461 g/mol. The van der Waals surface area contributed by atoms with Gasteiger partial charge in [0, 0.05) is 48.9 Å². The summed E-state index contributed by atoms with van der Waals surface area (Å²) in [4.78, 5) is 33.0. The minimum absolute atomic E-state index is 0.0154. The van der Waals surface area contributed by atoms with E-state index in [-0.39, 0.29) is 23.6 Å². The van der Waals surface area contributed by atoms with Gasteiger partial charge in [-0.05, 0) is 59.6 Å². The van der Waals surface area contributed by atoms with Crippen molar-refractivity contribution in [2.45, 2.75) is 70.6 Å². The zero-order valence-electron chi connectivity index (χ0n) is 20.4. The smallest absolute Gasteiger partial charge is 0.410 e. The van der Waals surface area contributed by atoms with Gasteiger partial charge in [0.2, 0.25) is 0 Å². The van der Waals surface area contributed by atoms with E-state index in [2.05, 4.69) is 39.7 Å². The van der Waals surface area contributed by atoms with Crippen molar-refractivity contribution >= 4 is 23.5 Å². The van der Waals surface area contributed by atoms with Gasteiger partial charge in [-0.2, -0.15) is 5.26 Å². The van der Waals surface area contributed by atoms with Crippen molar-refractivity contribution in [2.75, 3.05) is 29.4 Å². The lowest BCUT2D eigenvalue weighted by atomic mass is 9.98. The molecule has 178 valence electrons. The maximum Gasteiger partial charge on any atom is 0.410 e. The SMILES string of the molecule is CC1CN(c2ncnc3c2C2(CC2)CN3c2cc(C#N)ccn2)C(C)CN1C(=O)OC(C)(C)C. The highest BCUT2D eigenvalue weighted by atomic mass is 16.6. The molecule has 9 nitrogen and oxygen atoms in total. The lowest BCUT2D eigenvalue weighted by molar-refractivity contribution is 0.0129. The van der Waals surface area contributed by atoms with E-state index < -0.39 is 5.60 Å². The molecule has 5 rings (SSSR count). The van der Waals surface area contributed by atoms with Crippen LogP contribution < -0.4 is 9.80 Å². The predicted octanol–water partition coefficient (Wildman–Crippen LogP) is 3.76. The summed E-state index contributed by atoms with van der Waals surface area (Å²) in [6.45, 7) is 11.9. The number of anilines is 3. The second-order valence-electron chi connectivity index (χ2n) is 10.8. The molecule has 1 spiro atoms. The summed E-state index contributed by atoms with van der Waals surface area (Å²) in [6.07, 6.45) is 5.18. The highest BCUT2D eigenvalue weighted by molar-refractivity contribution is 5.76. The molecule has 2 atom stereocenters. The van der Waals surface area contributed by atoms with Gasteiger partial charge in [0.1, 0.15) is 29.4 Å². The number of ether oxygens (including phenoxy) is 1. The van der Waals surface area contributed by atoms with Gasteiger partial charge in [-0.1, -0.05) is 0 Å². The number of piperazine rings is 1. The largest absolute Gasteiger partial charge is 0.444 e. The van der Waals surface area contributed by atoms with Crippen molar-refractivity contribution < 1.29 is 9.53 Å². The fourth-order valence-corrected chi connectivity index (χ4v) is 5.10. The second-order valence-corrected chi connectivity index (χ2v) is 10.8.